The van der Waals surface area contributed by atoms with Crippen molar-refractivity contribution in [1.29, 1.82) is 0 Å². The molecule has 4 heteroatoms. The van der Waals surface area contributed by atoms with E-state index in [1.165, 1.54) is 6.42 Å². The van der Waals surface area contributed by atoms with E-state index < -0.39 is 0 Å². The second kappa shape index (κ2) is 6.20. The van der Waals surface area contributed by atoms with Crippen molar-refractivity contribution in [3.05, 3.63) is 16.6 Å². The first kappa shape index (κ1) is 12.6. The quantitative estimate of drug-likeness (QED) is 0.807. The highest BCUT2D eigenvalue weighted by atomic mass is 32.1. The molecule has 0 fully saturated rings. The predicted molar refractivity (Wildman–Crippen MR) is 66.3 cm³/mol. The van der Waals surface area contributed by atoms with Gasteiger partial charge in [-0.25, -0.2) is 4.98 Å². The van der Waals surface area contributed by atoms with E-state index >= 15 is 0 Å². The fraction of sp³-hybridized carbons (Fsp3) is 0.727. The summed E-state index contributed by atoms with van der Waals surface area (Å²) in [4.78, 5) is 6.52. The topological polar surface area (TPSA) is 28.2 Å². The summed E-state index contributed by atoms with van der Waals surface area (Å²) in [6.07, 6.45) is 1.17. The molecule has 0 radical (unpaired) electrons. The van der Waals surface area contributed by atoms with Crippen LogP contribution >= 0.6 is 11.3 Å². The Morgan fingerprint density at radius 1 is 1.47 bits per heavy atom. The largest absolute Gasteiger partial charge is 0.309 e. The van der Waals surface area contributed by atoms with Gasteiger partial charge in [0.15, 0.2) is 0 Å². The minimum atomic E-state index is 0.355. The molecule has 0 bridgehead atoms. The molecule has 0 aliphatic heterocycles. The molecule has 1 N–H and O–H groups in total. The first-order valence-corrected chi connectivity index (χ1v) is 6.32. The van der Waals surface area contributed by atoms with Crippen LogP contribution in [-0.4, -0.2) is 36.6 Å². The molecule has 1 heterocycles. The smallest absolute Gasteiger partial charge is 0.0795 e. The molecular weight excluding hydrogens is 206 g/mol. The molecule has 0 spiro atoms. The summed E-state index contributed by atoms with van der Waals surface area (Å²) in [5, 5.41) is 5.66. The van der Waals surface area contributed by atoms with Gasteiger partial charge in [-0.3, -0.25) is 0 Å². The van der Waals surface area contributed by atoms with E-state index in [9.17, 15) is 0 Å². The highest BCUT2D eigenvalue weighted by molar-refractivity contribution is 7.07. The van der Waals surface area contributed by atoms with Gasteiger partial charge < -0.3 is 10.2 Å². The SMILES string of the molecule is CC(CCN(C)C)NC(C)c1cscn1. The molecule has 0 saturated heterocycles. The maximum Gasteiger partial charge on any atom is 0.0795 e. The van der Waals surface area contributed by atoms with E-state index in [-0.39, 0.29) is 0 Å². The molecule has 0 aromatic carbocycles. The zero-order chi connectivity index (χ0) is 11.3. The van der Waals surface area contributed by atoms with Gasteiger partial charge in [0.2, 0.25) is 0 Å². The third-order valence-electron chi connectivity index (χ3n) is 2.44. The Morgan fingerprint density at radius 2 is 2.20 bits per heavy atom. The summed E-state index contributed by atoms with van der Waals surface area (Å²) in [5.41, 5.74) is 3.04. The molecule has 1 rings (SSSR count). The number of thiazole rings is 1. The number of nitrogens with zero attached hydrogens (tertiary/aromatic N) is 2. The predicted octanol–water partition coefficient (Wildman–Crippen LogP) is 2.13. The average Bonchev–Trinajstić information content (AvgIpc) is 2.67. The van der Waals surface area contributed by atoms with Gasteiger partial charge in [-0.15, -0.1) is 11.3 Å². The number of aromatic nitrogens is 1. The fourth-order valence-electron chi connectivity index (χ4n) is 1.48. The average molecular weight is 227 g/mol. The van der Waals surface area contributed by atoms with Crippen molar-refractivity contribution >= 4 is 11.3 Å². The van der Waals surface area contributed by atoms with Crippen molar-refractivity contribution in [3.8, 4) is 0 Å². The first-order valence-electron chi connectivity index (χ1n) is 5.38. The highest BCUT2D eigenvalue weighted by Crippen LogP contribution is 2.13. The molecular formula is C11H21N3S. The van der Waals surface area contributed by atoms with Gasteiger partial charge in [0.1, 0.15) is 0 Å². The van der Waals surface area contributed by atoms with Crippen molar-refractivity contribution in [2.75, 3.05) is 20.6 Å². The number of hydrogen-bond donors (Lipinski definition) is 1. The molecule has 15 heavy (non-hydrogen) atoms. The van der Waals surface area contributed by atoms with Crippen molar-refractivity contribution in [2.24, 2.45) is 0 Å². The monoisotopic (exact) mass is 227 g/mol. The number of nitrogens with one attached hydrogen (secondary N) is 1. The molecule has 0 amide bonds. The minimum Gasteiger partial charge on any atom is -0.309 e. The lowest BCUT2D eigenvalue weighted by molar-refractivity contribution is 0.353. The fourth-order valence-corrected chi connectivity index (χ4v) is 2.13. The normalized spacial score (nSPS) is 15.5. The molecule has 2 unspecified atom stereocenters. The summed E-state index contributed by atoms with van der Waals surface area (Å²) in [6, 6.07) is 0.887. The van der Waals surface area contributed by atoms with Crippen molar-refractivity contribution in [1.82, 2.24) is 15.2 Å². The molecule has 0 saturated carbocycles. The lowest BCUT2D eigenvalue weighted by Crippen LogP contribution is -2.32. The van der Waals surface area contributed by atoms with Gasteiger partial charge >= 0.3 is 0 Å². The van der Waals surface area contributed by atoms with Crippen LogP contribution in [0.3, 0.4) is 0 Å². The second-order valence-corrected chi connectivity index (χ2v) is 5.01. The van der Waals surface area contributed by atoms with Gasteiger partial charge in [-0.2, -0.15) is 0 Å². The number of hydrogen-bond acceptors (Lipinski definition) is 4. The maximum atomic E-state index is 4.31. The van der Waals surface area contributed by atoms with Gasteiger partial charge in [0.25, 0.3) is 0 Å². The Kier molecular flexibility index (Phi) is 5.22. The summed E-state index contributed by atoms with van der Waals surface area (Å²) in [5.74, 6) is 0. The van der Waals surface area contributed by atoms with Crippen LogP contribution in [0.15, 0.2) is 10.9 Å². The number of rotatable bonds is 6. The Hall–Kier alpha value is -0.450. The molecule has 0 aliphatic carbocycles. The zero-order valence-corrected chi connectivity index (χ0v) is 10.8. The van der Waals surface area contributed by atoms with Crippen LogP contribution in [0.25, 0.3) is 0 Å². The lowest BCUT2D eigenvalue weighted by Gasteiger charge is -2.20. The summed E-state index contributed by atoms with van der Waals surface area (Å²) < 4.78 is 0. The van der Waals surface area contributed by atoms with Crippen LogP contribution in [-0.2, 0) is 0 Å². The zero-order valence-electron chi connectivity index (χ0n) is 10.0. The summed E-state index contributed by atoms with van der Waals surface area (Å²) in [6.45, 7) is 5.52. The van der Waals surface area contributed by atoms with E-state index in [0.717, 1.165) is 12.2 Å². The first-order chi connectivity index (χ1) is 7.09. The van der Waals surface area contributed by atoms with Crippen LogP contribution in [0, 0.1) is 0 Å². The molecule has 86 valence electrons. The van der Waals surface area contributed by atoms with E-state index in [0.29, 0.717) is 12.1 Å². The second-order valence-electron chi connectivity index (χ2n) is 4.29. The van der Waals surface area contributed by atoms with Gasteiger partial charge in [-0.1, -0.05) is 0 Å². The third kappa shape index (κ3) is 4.73. The highest BCUT2D eigenvalue weighted by Gasteiger charge is 2.10. The molecule has 0 aliphatic rings. The minimum absolute atomic E-state index is 0.355. The van der Waals surface area contributed by atoms with Gasteiger partial charge in [-0.05, 0) is 40.9 Å². The maximum absolute atomic E-state index is 4.31. The summed E-state index contributed by atoms with van der Waals surface area (Å²) >= 11 is 1.65. The van der Waals surface area contributed by atoms with Crippen molar-refractivity contribution in [2.45, 2.75) is 32.4 Å². The molecule has 1 aromatic rings. The third-order valence-corrected chi connectivity index (χ3v) is 3.04. The molecule has 3 nitrogen and oxygen atoms in total. The Balaban J connectivity index is 2.28. The van der Waals surface area contributed by atoms with Crippen LogP contribution in [0.1, 0.15) is 32.0 Å². The Bertz CT molecular complexity index is 259. The molecule has 2 atom stereocenters. The van der Waals surface area contributed by atoms with E-state index in [4.69, 9.17) is 0 Å². The van der Waals surface area contributed by atoms with E-state index in [2.05, 4.69) is 48.5 Å². The lowest BCUT2D eigenvalue weighted by atomic mass is 10.2. The van der Waals surface area contributed by atoms with Crippen LogP contribution in [0.5, 0.6) is 0 Å². The van der Waals surface area contributed by atoms with E-state index in [1.807, 2.05) is 5.51 Å². The van der Waals surface area contributed by atoms with Crippen LogP contribution < -0.4 is 5.32 Å². The van der Waals surface area contributed by atoms with E-state index in [1.54, 1.807) is 11.3 Å². The Labute approximate surface area is 96.5 Å². The van der Waals surface area contributed by atoms with Crippen molar-refractivity contribution < 1.29 is 0 Å². The summed E-state index contributed by atoms with van der Waals surface area (Å²) in [7, 11) is 4.22. The van der Waals surface area contributed by atoms with Gasteiger partial charge in [0.05, 0.1) is 11.2 Å². The van der Waals surface area contributed by atoms with Gasteiger partial charge in [0, 0.05) is 17.5 Å². The van der Waals surface area contributed by atoms with Crippen LogP contribution in [0.4, 0.5) is 0 Å². The Morgan fingerprint density at radius 3 is 2.73 bits per heavy atom. The molecule has 1 aromatic heterocycles. The standard InChI is InChI=1S/C11H21N3S/c1-9(5-6-14(3)4)13-10(2)11-7-15-8-12-11/h7-10,13H,5-6H2,1-4H3. The van der Waals surface area contributed by atoms with Crippen molar-refractivity contribution in [3.63, 3.8) is 0 Å². The van der Waals surface area contributed by atoms with Crippen LogP contribution in [0.2, 0.25) is 0 Å².